The minimum absolute atomic E-state index is 0.0452. The summed E-state index contributed by atoms with van der Waals surface area (Å²) in [5.41, 5.74) is 5.42. The number of fused-ring (bicyclic) bond motifs is 1. The molecule has 1 fully saturated rings. The molecule has 0 amide bonds. The molecule has 0 atom stereocenters. The highest BCUT2D eigenvalue weighted by Gasteiger charge is 2.31. The highest BCUT2D eigenvalue weighted by molar-refractivity contribution is 5.98. The SMILES string of the molecule is CC(C)C(=O)c1cc2nc(C3CCC(C)(C)CC3)cc(C(C)(C)C)c2o1.CC/C=C(C)/C=N\N(C)C.CCC(=O)C(C)(C)C.CCCC. The number of ketones is 2. The van der Waals surface area contributed by atoms with Crippen molar-refractivity contribution in [2.24, 2.45) is 21.8 Å². The number of hydrazone groups is 1. The van der Waals surface area contributed by atoms with Gasteiger partial charge in [0, 0.05) is 61.3 Å². The van der Waals surface area contributed by atoms with Crippen LogP contribution in [0.4, 0.5) is 0 Å². The maximum Gasteiger partial charge on any atom is 0.200 e. The van der Waals surface area contributed by atoms with E-state index in [0.717, 1.165) is 23.1 Å². The predicted octanol–water partition coefficient (Wildman–Crippen LogP) is 12.4. The van der Waals surface area contributed by atoms with E-state index in [2.05, 4.69) is 79.6 Å². The molecule has 2 aromatic heterocycles. The smallest absolute Gasteiger partial charge is 0.200 e. The van der Waals surface area contributed by atoms with Crippen LogP contribution < -0.4 is 0 Å². The fourth-order valence-corrected chi connectivity index (χ4v) is 5.02. The predicted molar refractivity (Wildman–Crippen MR) is 208 cm³/mol. The zero-order valence-corrected chi connectivity index (χ0v) is 34.2. The molecule has 1 aliphatic carbocycles. The number of allylic oxidation sites excluding steroid dienone is 2. The van der Waals surface area contributed by atoms with Gasteiger partial charge in [-0.15, -0.1) is 0 Å². The maximum absolute atomic E-state index is 12.4. The van der Waals surface area contributed by atoms with Gasteiger partial charge in [0.05, 0.1) is 0 Å². The molecule has 48 heavy (non-hydrogen) atoms. The van der Waals surface area contributed by atoms with Crippen molar-refractivity contribution in [2.45, 2.75) is 167 Å². The third-order valence-corrected chi connectivity index (χ3v) is 8.51. The Hall–Kier alpha value is -2.76. The Kier molecular flexibility index (Phi) is 19.5. The Balaban J connectivity index is 0.000000824. The molecule has 0 saturated heterocycles. The standard InChI is InChI=1S/C23H33NO2.C8H16N2.C7H14O.C4H10/c1-14(2)20(25)19-13-18-21(26-19)16(22(3,4)5)12-17(24-18)15-8-10-23(6,7)11-9-15;1-5-6-8(2)7-9-10(3)4;1-5-6(8)7(2,3)4;1-3-4-2/h12-15H,8-11H2,1-7H3;6-7H,5H2,1-4H3;5H2,1-4H3;3-4H2,1-2H3/b;8-6+,9-7-;;. The first kappa shape index (κ1) is 45.2. The highest BCUT2D eigenvalue weighted by atomic mass is 16.3. The molecule has 2 aromatic rings. The van der Waals surface area contributed by atoms with Crippen LogP contribution in [-0.4, -0.2) is 41.9 Å². The van der Waals surface area contributed by atoms with Crippen LogP contribution in [-0.2, 0) is 10.2 Å². The molecule has 0 unspecified atom stereocenters. The molecule has 0 bridgehead atoms. The van der Waals surface area contributed by atoms with E-state index in [1.165, 1.54) is 49.8 Å². The molecule has 1 aliphatic rings. The Morgan fingerprint density at radius 3 is 1.92 bits per heavy atom. The Bertz CT molecular complexity index is 1300. The molecular formula is C42H73N3O3. The molecule has 0 radical (unpaired) electrons. The van der Waals surface area contributed by atoms with Crippen molar-refractivity contribution in [1.29, 1.82) is 0 Å². The minimum Gasteiger partial charge on any atom is -0.451 e. The summed E-state index contributed by atoms with van der Waals surface area (Å²) in [5, 5.41) is 5.87. The van der Waals surface area contributed by atoms with Crippen LogP contribution in [0.5, 0.6) is 0 Å². The average Bonchev–Trinajstić information content (AvgIpc) is 3.42. The molecule has 274 valence electrons. The van der Waals surface area contributed by atoms with Crippen LogP contribution >= 0.6 is 0 Å². The second-order valence-corrected chi connectivity index (χ2v) is 16.6. The number of carbonyl (C=O) groups excluding carboxylic acids is 2. The molecule has 6 nitrogen and oxygen atoms in total. The zero-order chi connectivity index (χ0) is 37.5. The number of nitrogens with zero attached hydrogens (tertiary/aromatic N) is 3. The van der Waals surface area contributed by atoms with Crippen molar-refractivity contribution in [3.05, 3.63) is 40.8 Å². The van der Waals surface area contributed by atoms with Gasteiger partial charge in [0.2, 0.25) is 5.78 Å². The van der Waals surface area contributed by atoms with Gasteiger partial charge in [-0.2, -0.15) is 5.10 Å². The molecule has 0 aromatic carbocycles. The fraction of sp³-hybridized carbons (Fsp3) is 0.714. The molecule has 6 heteroatoms. The average molecular weight is 668 g/mol. The number of carbonyl (C=O) groups is 2. The summed E-state index contributed by atoms with van der Waals surface area (Å²) in [4.78, 5) is 28.2. The first-order chi connectivity index (χ1) is 22.0. The van der Waals surface area contributed by atoms with Crippen molar-refractivity contribution < 1.29 is 14.0 Å². The number of unbranched alkanes of at least 4 members (excludes halogenated alkanes) is 1. The lowest BCUT2D eigenvalue weighted by molar-refractivity contribution is -0.125. The van der Waals surface area contributed by atoms with E-state index in [4.69, 9.17) is 9.40 Å². The van der Waals surface area contributed by atoms with Gasteiger partial charge in [-0.05, 0) is 61.5 Å². The van der Waals surface area contributed by atoms with Crippen LogP contribution in [0.2, 0.25) is 0 Å². The molecule has 0 N–H and O–H groups in total. The maximum atomic E-state index is 12.4. The molecule has 0 aliphatic heterocycles. The number of pyridine rings is 1. The van der Waals surface area contributed by atoms with Crippen molar-refractivity contribution >= 4 is 28.9 Å². The van der Waals surface area contributed by atoms with Gasteiger partial charge in [0.25, 0.3) is 0 Å². The van der Waals surface area contributed by atoms with E-state index < -0.39 is 0 Å². The van der Waals surface area contributed by atoms with E-state index in [0.29, 0.717) is 29.3 Å². The summed E-state index contributed by atoms with van der Waals surface area (Å²) >= 11 is 0. The Morgan fingerprint density at radius 1 is 1.00 bits per heavy atom. The second-order valence-electron chi connectivity index (χ2n) is 16.6. The van der Waals surface area contributed by atoms with Gasteiger partial charge in [0.1, 0.15) is 11.3 Å². The Morgan fingerprint density at radius 2 is 1.54 bits per heavy atom. The summed E-state index contributed by atoms with van der Waals surface area (Å²) in [6, 6.07) is 4.08. The minimum atomic E-state index is -0.130. The van der Waals surface area contributed by atoms with Gasteiger partial charge < -0.3 is 9.43 Å². The van der Waals surface area contributed by atoms with Crippen LogP contribution in [0.1, 0.15) is 183 Å². The van der Waals surface area contributed by atoms with E-state index in [9.17, 15) is 9.59 Å². The van der Waals surface area contributed by atoms with E-state index >= 15 is 0 Å². The van der Waals surface area contributed by atoms with Crippen LogP contribution in [0.25, 0.3) is 11.1 Å². The van der Waals surface area contributed by atoms with Crippen molar-refractivity contribution in [2.75, 3.05) is 14.1 Å². The van der Waals surface area contributed by atoms with E-state index in [1.807, 2.05) is 67.9 Å². The summed E-state index contributed by atoms with van der Waals surface area (Å²) in [7, 11) is 3.82. The van der Waals surface area contributed by atoms with Crippen molar-refractivity contribution in [1.82, 2.24) is 9.99 Å². The van der Waals surface area contributed by atoms with Crippen LogP contribution in [0, 0.1) is 16.7 Å². The third kappa shape index (κ3) is 16.6. The molecule has 1 saturated carbocycles. The lowest BCUT2D eigenvalue weighted by atomic mass is 9.72. The monoisotopic (exact) mass is 668 g/mol. The number of hydrogen-bond donors (Lipinski definition) is 0. The first-order valence-corrected chi connectivity index (χ1v) is 18.4. The summed E-state index contributed by atoms with van der Waals surface area (Å²) in [6.45, 7) is 31.4. The number of aromatic nitrogens is 1. The van der Waals surface area contributed by atoms with Crippen LogP contribution in [0.15, 0.2) is 33.3 Å². The third-order valence-electron chi connectivity index (χ3n) is 8.51. The van der Waals surface area contributed by atoms with Crippen molar-refractivity contribution in [3.8, 4) is 0 Å². The van der Waals surface area contributed by atoms with Gasteiger partial charge >= 0.3 is 0 Å². The van der Waals surface area contributed by atoms with E-state index in [-0.39, 0.29) is 22.5 Å². The number of hydrogen-bond acceptors (Lipinski definition) is 6. The number of Topliss-reactive ketones (excluding diaryl/α,β-unsaturated/α-hetero) is 2. The Labute approximate surface area is 295 Å². The molecule has 2 heterocycles. The lowest BCUT2D eigenvalue weighted by Crippen LogP contribution is -2.21. The summed E-state index contributed by atoms with van der Waals surface area (Å²) in [5.74, 6) is 1.25. The summed E-state index contributed by atoms with van der Waals surface area (Å²) < 4.78 is 6.01. The number of rotatable bonds is 8. The number of furan rings is 1. The normalized spacial score (nSPS) is 15.2. The molecule has 3 rings (SSSR count). The highest BCUT2D eigenvalue weighted by Crippen LogP contribution is 2.43. The quantitative estimate of drug-likeness (QED) is 0.159. The van der Waals surface area contributed by atoms with Crippen molar-refractivity contribution in [3.63, 3.8) is 0 Å². The van der Waals surface area contributed by atoms with Crippen LogP contribution in [0.3, 0.4) is 0 Å². The first-order valence-electron chi connectivity index (χ1n) is 18.4. The lowest BCUT2D eigenvalue weighted by Gasteiger charge is -2.34. The fourth-order valence-electron chi connectivity index (χ4n) is 5.02. The molecule has 0 spiro atoms. The van der Waals surface area contributed by atoms with Gasteiger partial charge in [-0.1, -0.05) is 116 Å². The summed E-state index contributed by atoms with van der Waals surface area (Å²) in [6.07, 6.45) is 13.2. The topological polar surface area (TPSA) is 75.8 Å². The zero-order valence-electron chi connectivity index (χ0n) is 34.2. The largest absolute Gasteiger partial charge is 0.451 e. The van der Waals surface area contributed by atoms with Gasteiger partial charge in [-0.3, -0.25) is 9.59 Å². The van der Waals surface area contributed by atoms with Gasteiger partial charge in [0.15, 0.2) is 11.3 Å². The molecular weight excluding hydrogens is 594 g/mol. The second kappa shape index (κ2) is 20.7. The van der Waals surface area contributed by atoms with Gasteiger partial charge in [-0.25, -0.2) is 4.98 Å². The van der Waals surface area contributed by atoms with E-state index in [1.54, 1.807) is 5.01 Å².